The van der Waals surface area contributed by atoms with E-state index in [0.29, 0.717) is 19.5 Å². The standard InChI is InChI=1S/C40H59N7O9S/c1-11-13-18-29(32(48)35(50)41-20-12-2)42-34(49)30-22-28(56-38(53)46-21-19-26-16-14-15-17-27(26)23-46)24-47(30)36(51)33(40(6,7)8)44-37(52)43-31(39(3,4)5)25-45(9)57(10,54)55/h1,12,14-17,28-31,33H,2,13,18-25H2,3-10H3,(H,41,50)(H,42,49)(H2,43,44,52)/t28-,29?,30+,31-,33-/m1/s1. The van der Waals surface area contributed by atoms with Crippen LogP contribution in [0.25, 0.3) is 0 Å². The van der Waals surface area contributed by atoms with Gasteiger partial charge in [-0.25, -0.2) is 22.3 Å². The predicted octanol–water partition coefficient (Wildman–Crippen LogP) is 1.94. The highest BCUT2D eigenvalue weighted by Crippen LogP contribution is 2.29. The lowest BCUT2D eigenvalue weighted by Crippen LogP contribution is -2.62. The molecule has 1 saturated heterocycles. The third-order valence-corrected chi connectivity index (χ3v) is 11.4. The number of nitrogens with zero attached hydrogens (tertiary/aromatic N) is 3. The highest BCUT2D eigenvalue weighted by Gasteiger charge is 2.47. The van der Waals surface area contributed by atoms with Gasteiger partial charge < -0.3 is 35.8 Å². The Morgan fingerprint density at radius 2 is 1.68 bits per heavy atom. The number of benzene rings is 1. The average molecular weight is 814 g/mol. The number of urea groups is 1. The van der Waals surface area contributed by atoms with Gasteiger partial charge in [-0.2, -0.15) is 0 Å². The minimum Gasteiger partial charge on any atom is -0.444 e. The third kappa shape index (κ3) is 13.0. The van der Waals surface area contributed by atoms with Crippen LogP contribution in [0.4, 0.5) is 9.59 Å². The maximum atomic E-state index is 14.6. The fraction of sp³-hybridized carbons (Fsp3) is 0.600. The van der Waals surface area contributed by atoms with Crippen molar-refractivity contribution in [3.8, 4) is 12.3 Å². The average Bonchev–Trinajstić information content (AvgIpc) is 3.55. The molecule has 0 aromatic heterocycles. The Morgan fingerprint density at radius 1 is 1.04 bits per heavy atom. The number of ether oxygens (including phenoxy) is 1. The molecular weight excluding hydrogens is 755 g/mol. The van der Waals surface area contributed by atoms with E-state index in [1.807, 2.05) is 45.0 Å². The molecule has 0 spiro atoms. The van der Waals surface area contributed by atoms with Gasteiger partial charge in [-0.15, -0.1) is 18.9 Å². The predicted molar refractivity (Wildman–Crippen MR) is 215 cm³/mol. The summed E-state index contributed by atoms with van der Waals surface area (Å²) in [6.07, 6.45) is 6.81. The number of fused-ring (bicyclic) bond motifs is 1. The fourth-order valence-electron chi connectivity index (χ4n) is 6.49. The van der Waals surface area contributed by atoms with Gasteiger partial charge in [-0.05, 0) is 34.8 Å². The monoisotopic (exact) mass is 813 g/mol. The summed E-state index contributed by atoms with van der Waals surface area (Å²) in [6.45, 7) is 14.7. The highest BCUT2D eigenvalue weighted by atomic mass is 32.2. The van der Waals surface area contributed by atoms with E-state index >= 15 is 0 Å². The molecule has 6 amide bonds. The number of carbonyl (C=O) groups is 6. The molecule has 1 aromatic carbocycles. The lowest BCUT2D eigenvalue weighted by molar-refractivity contribution is -0.143. The first-order chi connectivity index (χ1) is 26.5. The second kappa shape index (κ2) is 19.5. The number of nitrogens with one attached hydrogen (secondary N) is 4. The van der Waals surface area contributed by atoms with Gasteiger partial charge in [0.1, 0.15) is 18.2 Å². The molecule has 1 unspecified atom stereocenters. The molecule has 2 aliphatic rings. The Balaban J connectivity index is 1.92. The number of ketones is 1. The highest BCUT2D eigenvalue weighted by molar-refractivity contribution is 7.88. The van der Waals surface area contributed by atoms with E-state index < -0.39 is 86.8 Å². The number of rotatable bonds is 15. The van der Waals surface area contributed by atoms with Crippen LogP contribution < -0.4 is 21.3 Å². The number of hydrogen-bond donors (Lipinski definition) is 4. The SMILES string of the molecule is C#CCCC(NC(=O)[C@@H]1C[C@@H](OC(=O)N2CCc3ccccc3C2)CN1C(=O)[C@@H](NC(=O)N[C@H](CN(C)S(C)(=O)=O)C(C)(C)C)C(C)(C)C)C(=O)C(=O)NCC=C. The van der Waals surface area contributed by atoms with Crippen LogP contribution in [0.2, 0.25) is 0 Å². The van der Waals surface area contributed by atoms with Crippen molar-refractivity contribution in [1.29, 1.82) is 0 Å². The molecule has 1 aromatic rings. The summed E-state index contributed by atoms with van der Waals surface area (Å²) in [4.78, 5) is 84.4. The van der Waals surface area contributed by atoms with E-state index in [-0.39, 0.29) is 38.9 Å². The molecule has 0 bridgehead atoms. The second-order valence-corrected chi connectivity index (χ2v) is 18.8. The van der Waals surface area contributed by atoms with Gasteiger partial charge in [0.05, 0.1) is 18.8 Å². The van der Waals surface area contributed by atoms with E-state index in [0.717, 1.165) is 21.7 Å². The number of amides is 6. The summed E-state index contributed by atoms with van der Waals surface area (Å²) < 4.78 is 31.5. The van der Waals surface area contributed by atoms with E-state index in [1.165, 1.54) is 18.0 Å². The van der Waals surface area contributed by atoms with Gasteiger partial charge in [-0.3, -0.25) is 19.2 Å². The van der Waals surface area contributed by atoms with E-state index in [2.05, 4.69) is 33.8 Å². The number of likely N-dealkylation sites (tertiary alicyclic amines) is 1. The Kier molecular flexibility index (Phi) is 15.9. The van der Waals surface area contributed by atoms with Crippen LogP contribution in [0.3, 0.4) is 0 Å². The largest absolute Gasteiger partial charge is 0.444 e. The van der Waals surface area contributed by atoms with Crippen molar-refractivity contribution in [3.05, 3.63) is 48.0 Å². The zero-order valence-corrected chi connectivity index (χ0v) is 35.2. The molecule has 2 aliphatic heterocycles. The summed E-state index contributed by atoms with van der Waals surface area (Å²) in [5.74, 6) is -0.939. The minimum absolute atomic E-state index is 0.0145. The van der Waals surface area contributed by atoms with Crippen LogP contribution in [0, 0.1) is 23.2 Å². The summed E-state index contributed by atoms with van der Waals surface area (Å²) in [7, 11) is -2.17. The molecular formula is C40H59N7O9S. The maximum Gasteiger partial charge on any atom is 0.410 e. The molecule has 57 heavy (non-hydrogen) atoms. The molecule has 17 heteroatoms. The summed E-state index contributed by atoms with van der Waals surface area (Å²) in [6, 6.07) is 2.49. The lowest BCUT2D eigenvalue weighted by atomic mass is 9.85. The number of Topliss-reactive ketones (excluding diaryl/α,β-unsaturated/α-hetero) is 1. The lowest BCUT2D eigenvalue weighted by Gasteiger charge is -2.37. The number of sulfonamides is 1. The van der Waals surface area contributed by atoms with Crippen LogP contribution in [0.15, 0.2) is 36.9 Å². The Hall–Kier alpha value is -4.95. The quantitative estimate of drug-likeness (QED) is 0.116. The zero-order chi connectivity index (χ0) is 42.9. The first-order valence-corrected chi connectivity index (χ1v) is 20.8. The molecule has 16 nitrogen and oxygen atoms in total. The first kappa shape index (κ1) is 46.4. The third-order valence-electron chi connectivity index (χ3n) is 10.1. The van der Waals surface area contributed by atoms with E-state index in [4.69, 9.17) is 11.2 Å². The maximum absolute atomic E-state index is 14.6. The van der Waals surface area contributed by atoms with Crippen molar-refractivity contribution in [2.24, 2.45) is 10.8 Å². The summed E-state index contributed by atoms with van der Waals surface area (Å²) >= 11 is 0. The number of carbonyl (C=O) groups excluding carboxylic acids is 6. The van der Waals surface area contributed by atoms with Crippen LogP contribution in [0.5, 0.6) is 0 Å². The van der Waals surface area contributed by atoms with Crippen molar-refractivity contribution >= 4 is 45.7 Å². The molecule has 0 saturated carbocycles. The molecule has 0 radical (unpaired) electrons. The number of hydrogen-bond acceptors (Lipinski definition) is 9. The molecule has 3 rings (SSSR count). The Morgan fingerprint density at radius 3 is 2.26 bits per heavy atom. The van der Waals surface area contributed by atoms with Crippen LogP contribution in [-0.4, -0.2) is 128 Å². The van der Waals surface area contributed by atoms with Crippen molar-refractivity contribution in [2.45, 2.75) is 104 Å². The van der Waals surface area contributed by atoms with Gasteiger partial charge in [0, 0.05) is 52.1 Å². The number of terminal acetylenes is 1. The molecule has 1 fully saturated rings. The molecule has 4 N–H and O–H groups in total. The Labute approximate surface area is 336 Å². The van der Waals surface area contributed by atoms with Gasteiger partial charge in [0.15, 0.2) is 0 Å². The van der Waals surface area contributed by atoms with Crippen LogP contribution in [0.1, 0.15) is 71.9 Å². The van der Waals surface area contributed by atoms with Gasteiger partial charge in [0.2, 0.25) is 27.6 Å². The van der Waals surface area contributed by atoms with Crippen molar-refractivity contribution in [3.63, 3.8) is 0 Å². The van der Waals surface area contributed by atoms with Crippen LogP contribution >= 0.6 is 0 Å². The molecule has 2 heterocycles. The minimum atomic E-state index is -3.58. The zero-order valence-electron chi connectivity index (χ0n) is 34.3. The molecule has 5 atom stereocenters. The first-order valence-electron chi connectivity index (χ1n) is 19.0. The number of likely N-dealkylation sites (N-methyl/N-ethyl adjacent to an activating group) is 1. The summed E-state index contributed by atoms with van der Waals surface area (Å²) in [5, 5.41) is 10.6. The second-order valence-electron chi connectivity index (χ2n) is 16.7. The van der Waals surface area contributed by atoms with Crippen molar-refractivity contribution in [2.75, 3.05) is 39.5 Å². The fourth-order valence-corrected chi connectivity index (χ4v) is 6.91. The Bertz CT molecular complexity index is 1830. The van der Waals surface area contributed by atoms with Gasteiger partial charge in [0.25, 0.3) is 5.91 Å². The van der Waals surface area contributed by atoms with Gasteiger partial charge >= 0.3 is 12.1 Å². The topological polar surface area (TPSA) is 204 Å². The van der Waals surface area contributed by atoms with Crippen molar-refractivity contribution < 1.29 is 41.9 Å². The summed E-state index contributed by atoms with van der Waals surface area (Å²) in [5.41, 5.74) is 0.582. The van der Waals surface area contributed by atoms with Crippen molar-refractivity contribution in [1.82, 2.24) is 35.4 Å². The molecule has 314 valence electrons. The normalized spacial score (nSPS) is 18.6. The molecule has 0 aliphatic carbocycles. The van der Waals surface area contributed by atoms with Crippen LogP contribution in [-0.2, 0) is 46.9 Å². The van der Waals surface area contributed by atoms with E-state index in [9.17, 15) is 37.2 Å². The van der Waals surface area contributed by atoms with Gasteiger partial charge in [-0.1, -0.05) is 71.9 Å². The smallest absolute Gasteiger partial charge is 0.410 e. The van der Waals surface area contributed by atoms with E-state index in [1.54, 1.807) is 25.7 Å².